The molecule has 40 heavy (non-hydrogen) atoms. The number of rotatable bonds is 9. The molecule has 2 fully saturated rings. The monoisotopic (exact) mass is 551 g/mol. The van der Waals surface area contributed by atoms with E-state index in [2.05, 4.69) is 5.32 Å². The zero-order valence-corrected chi connectivity index (χ0v) is 22.1. The van der Waals surface area contributed by atoms with Crippen molar-refractivity contribution in [3.63, 3.8) is 0 Å². The maximum Gasteiger partial charge on any atom is 0.371 e. The number of benzene rings is 2. The maximum atomic E-state index is 13.7. The van der Waals surface area contributed by atoms with Gasteiger partial charge in [-0.2, -0.15) is 0 Å². The van der Waals surface area contributed by atoms with Crippen molar-refractivity contribution in [2.45, 2.75) is 56.9 Å². The molecule has 5 rings (SSSR count). The van der Waals surface area contributed by atoms with E-state index in [1.54, 1.807) is 23.1 Å². The second kappa shape index (κ2) is 12.2. The van der Waals surface area contributed by atoms with E-state index < -0.39 is 30.8 Å². The number of hydrogen-bond donors (Lipinski definition) is 3. The number of nitrogens with two attached hydrogens (primary N) is 1. The fraction of sp³-hybridized carbons (Fsp3) is 0.433. The van der Waals surface area contributed by atoms with Crippen molar-refractivity contribution in [3.8, 4) is 0 Å². The second-order valence-electron chi connectivity index (χ2n) is 10.7. The van der Waals surface area contributed by atoms with Crippen LogP contribution in [0.3, 0.4) is 0 Å². The van der Waals surface area contributed by atoms with E-state index in [0.29, 0.717) is 61.9 Å². The highest BCUT2D eigenvalue weighted by Crippen LogP contribution is 2.34. The number of nitrogens with zero attached hydrogens (tertiary/aromatic N) is 1. The number of hydrogen-bond acceptors (Lipinski definition) is 6. The highest BCUT2D eigenvalue weighted by atomic mass is 19.1. The minimum absolute atomic E-state index is 0.0631. The van der Waals surface area contributed by atoms with Gasteiger partial charge in [0.05, 0.1) is 12.7 Å². The number of anilines is 1. The van der Waals surface area contributed by atoms with Crippen LogP contribution in [-0.2, 0) is 20.9 Å². The van der Waals surface area contributed by atoms with Gasteiger partial charge in [0.15, 0.2) is 0 Å². The number of amides is 2. The van der Waals surface area contributed by atoms with Gasteiger partial charge in [-0.1, -0.05) is 30.3 Å². The van der Waals surface area contributed by atoms with Crippen LogP contribution in [0.25, 0.3) is 11.0 Å². The van der Waals surface area contributed by atoms with Crippen molar-refractivity contribution in [2.24, 2.45) is 17.6 Å². The van der Waals surface area contributed by atoms with Crippen molar-refractivity contribution in [1.29, 1.82) is 0 Å². The molecule has 1 aromatic heterocycles. The van der Waals surface area contributed by atoms with Crippen LogP contribution in [0.15, 0.2) is 59.0 Å². The summed E-state index contributed by atoms with van der Waals surface area (Å²) in [6, 6.07) is 14.6. The molecular weight excluding hydrogens is 517 g/mol. The summed E-state index contributed by atoms with van der Waals surface area (Å²) in [7, 11) is 0. The van der Waals surface area contributed by atoms with Gasteiger partial charge in [-0.3, -0.25) is 9.59 Å². The van der Waals surface area contributed by atoms with Crippen LogP contribution in [0.1, 0.15) is 48.2 Å². The van der Waals surface area contributed by atoms with Gasteiger partial charge < -0.3 is 30.2 Å². The van der Waals surface area contributed by atoms with Crippen LogP contribution in [-0.4, -0.2) is 59.2 Å². The van der Waals surface area contributed by atoms with Crippen LogP contribution >= 0.6 is 0 Å². The Morgan fingerprint density at radius 1 is 1.07 bits per heavy atom. The van der Waals surface area contributed by atoms with E-state index in [4.69, 9.17) is 14.9 Å². The first-order valence-corrected chi connectivity index (χ1v) is 13.7. The molecule has 2 heterocycles. The average molecular weight is 552 g/mol. The number of fused-ring (bicyclic) bond motifs is 1. The van der Waals surface area contributed by atoms with E-state index >= 15 is 0 Å². The first-order chi connectivity index (χ1) is 19.3. The molecule has 10 heteroatoms. The number of alkyl halides is 1. The molecule has 0 radical (unpaired) electrons. The molecule has 2 amide bonds. The fourth-order valence-corrected chi connectivity index (χ4v) is 5.87. The Kier molecular flexibility index (Phi) is 8.46. The quantitative estimate of drug-likeness (QED) is 0.360. The summed E-state index contributed by atoms with van der Waals surface area (Å²) < 4.78 is 24.6. The van der Waals surface area contributed by atoms with E-state index in [9.17, 15) is 23.9 Å². The number of halogens is 1. The molecule has 3 atom stereocenters. The van der Waals surface area contributed by atoms with Crippen LogP contribution in [0.4, 0.5) is 10.1 Å². The normalized spacial score (nSPS) is 23.7. The van der Waals surface area contributed by atoms with E-state index in [1.807, 2.05) is 30.3 Å². The Hall–Kier alpha value is -3.76. The minimum Gasteiger partial charge on any atom is -0.475 e. The molecule has 1 aliphatic carbocycles. The SMILES string of the molecule is N[C@H](CF)C1CCC(C(=O)N2CC[C@@H](OCc3ccccc3)[C@H]2C(=O)Nc2ccc3oc(C(=O)O)cc3c2)CC1. The third kappa shape index (κ3) is 6.03. The third-order valence-corrected chi connectivity index (χ3v) is 8.10. The summed E-state index contributed by atoms with van der Waals surface area (Å²) in [5.41, 5.74) is 7.71. The summed E-state index contributed by atoms with van der Waals surface area (Å²) in [6.45, 7) is 0.131. The smallest absolute Gasteiger partial charge is 0.371 e. The molecule has 1 aliphatic heterocycles. The largest absolute Gasteiger partial charge is 0.475 e. The molecule has 4 N–H and O–H groups in total. The number of nitrogens with one attached hydrogen (secondary N) is 1. The van der Waals surface area contributed by atoms with E-state index in [-0.39, 0.29) is 29.4 Å². The van der Waals surface area contributed by atoms with Gasteiger partial charge >= 0.3 is 5.97 Å². The Morgan fingerprint density at radius 2 is 1.82 bits per heavy atom. The molecular formula is C30H34FN3O6. The molecule has 0 bridgehead atoms. The average Bonchev–Trinajstić information content (AvgIpc) is 3.60. The Bertz CT molecular complexity index is 1350. The maximum absolute atomic E-state index is 13.7. The van der Waals surface area contributed by atoms with Gasteiger partial charge in [-0.05, 0) is 67.9 Å². The third-order valence-electron chi connectivity index (χ3n) is 8.10. The van der Waals surface area contributed by atoms with Crippen LogP contribution in [0, 0.1) is 11.8 Å². The summed E-state index contributed by atoms with van der Waals surface area (Å²) in [5.74, 6) is -2.02. The van der Waals surface area contributed by atoms with Crippen molar-refractivity contribution >= 4 is 34.4 Å². The standard InChI is InChI=1S/C30H34FN3O6/c31-16-23(32)19-6-8-20(9-7-19)29(36)34-13-12-25(39-17-18-4-2-1-3-5-18)27(34)28(35)33-22-10-11-24-21(14-22)15-26(40-24)30(37)38/h1-5,10-11,14-15,19-20,23,25,27H,6-9,12-13,16-17,32H2,(H,33,35)(H,37,38)/t19?,20?,23-,25-,27+/m1/s1. The topological polar surface area (TPSA) is 135 Å². The van der Waals surface area contributed by atoms with Gasteiger partial charge in [0.2, 0.25) is 17.6 Å². The minimum atomic E-state index is -1.18. The van der Waals surface area contributed by atoms with Crippen LogP contribution in [0.2, 0.25) is 0 Å². The van der Waals surface area contributed by atoms with E-state index in [0.717, 1.165) is 5.56 Å². The summed E-state index contributed by atoms with van der Waals surface area (Å²) >= 11 is 0. The summed E-state index contributed by atoms with van der Waals surface area (Å²) in [5, 5.41) is 12.6. The first-order valence-electron chi connectivity index (χ1n) is 13.7. The number of ether oxygens (including phenoxy) is 1. The van der Waals surface area contributed by atoms with Crippen molar-refractivity contribution < 1.29 is 33.0 Å². The lowest BCUT2D eigenvalue weighted by Gasteiger charge is -2.34. The lowest BCUT2D eigenvalue weighted by molar-refractivity contribution is -0.144. The highest BCUT2D eigenvalue weighted by molar-refractivity contribution is 6.00. The molecule has 0 unspecified atom stereocenters. The number of likely N-dealkylation sites (tertiary alicyclic amines) is 1. The molecule has 2 aromatic carbocycles. The zero-order chi connectivity index (χ0) is 28.2. The number of carbonyl (C=O) groups is 3. The van der Waals surface area contributed by atoms with E-state index in [1.165, 1.54) is 6.07 Å². The molecule has 212 valence electrons. The van der Waals surface area contributed by atoms with Gasteiger partial charge in [0.1, 0.15) is 18.3 Å². The predicted octanol–water partition coefficient (Wildman–Crippen LogP) is 4.36. The van der Waals surface area contributed by atoms with Crippen LogP contribution in [0.5, 0.6) is 0 Å². The number of carbonyl (C=O) groups excluding carboxylic acids is 2. The van der Waals surface area contributed by atoms with Crippen molar-refractivity contribution in [1.82, 2.24) is 4.90 Å². The number of aromatic carboxylic acids is 1. The fourth-order valence-electron chi connectivity index (χ4n) is 5.87. The van der Waals surface area contributed by atoms with Gasteiger partial charge in [0.25, 0.3) is 0 Å². The number of carboxylic acids is 1. The van der Waals surface area contributed by atoms with Crippen LogP contribution < -0.4 is 11.1 Å². The lowest BCUT2D eigenvalue weighted by Crippen LogP contribution is -2.50. The Labute approximate surface area is 231 Å². The number of furan rings is 1. The van der Waals surface area contributed by atoms with Crippen molar-refractivity contribution in [3.05, 3.63) is 65.9 Å². The predicted molar refractivity (Wildman–Crippen MR) is 146 cm³/mol. The highest BCUT2D eigenvalue weighted by Gasteiger charge is 2.45. The number of carboxylic acid groups (broad SMARTS) is 1. The molecule has 1 saturated heterocycles. The first kappa shape index (κ1) is 27.8. The van der Waals surface area contributed by atoms with Gasteiger partial charge in [0, 0.05) is 29.6 Å². The molecule has 0 spiro atoms. The lowest BCUT2D eigenvalue weighted by atomic mass is 9.78. The molecule has 1 saturated carbocycles. The zero-order valence-electron chi connectivity index (χ0n) is 22.1. The van der Waals surface area contributed by atoms with Gasteiger partial charge in [-0.25, -0.2) is 9.18 Å². The second-order valence-corrected chi connectivity index (χ2v) is 10.7. The molecule has 2 aliphatic rings. The molecule has 9 nitrogen and oxygen atoms in total. The Balaban J connectivity index is 1.33. The summed E-state index contributed by atoms with van der Waals surface area (Å²) in [4.78, 5) is 40.3. The Morgan fingerprint density at radius 3 is 2.52 bits per heavy atom. The van der Waals surface area contributed by atoms with Gasteiger partial charge in [-0.15, -0.1) is 0 Å². The molecule has 3 aromatic rings. The van der Waals surface area contributed by atoms with Crippen molar-refractivity contribution in [2.75, 3.05) is 18.5 Å². The summed E-state index contributed by atoms with van der Waals surface area (Å²) in [6.07, 6.45) is 2.60.